The molecule has 1 saturated heterocycles. The van der Waals surface area contributed by atoms with Gasteiger partial charge in [-0.3, -0.25) is 0 Å². The predicted octanol–water partition coefficient (Wildman–Crippen LogP) is 4.24. The Bertz CT molecular complexity index is 207. The molecule has 0 N–H and O–H groups in total. The molecule has 0 aliphatic carbocycles. The first-order valence-electron chi connectivity index (χ1n) is 6.74. The van der Waals surface area contributed by atoms with Crippen molar-refractivity contribution in [1.29, 1.82) is 5.26 Å². The summed E-state index contributed by atoms with van der Waals surface area (Å²) in [6.07, 6.45) is 6.15. The molecule has 0 saturated carbocycles. The van der Waals surface area contributed by atoms with Crippen molar-refractivity contribution in [2.75, 3.05) is 20.1 Å². The van der Waals surface area contributed by atoms with Crippen molar-refractivity contribution in [3.8, 4) is 6.07 Å². The van der Waals surface area contributed by atoms with E-state index in [2.05, 4.69) is 32.4 Å². The van der Waals surface area contributed by atoms with Crippen LogP contribution in [0.2, 0.25) is 0 Å². The Kier molecular flexibility index (Phi) is 12.7. The van der Waals surface area contributed by atoms with Crippen LogP contribution in [0.1, 0.15) is 53.4 Å². The van der Waals surface area contributed by atoms with Crippen molar-refractivity contribution in [3.05, 3.63) is 12.7 Å². The lowest BCUT2D eigenvalue weighted by atomic mass is 9.78. The molecule has 0 aromatic heterocycles. The Morgan fingerprint density at radius 1 is 1.35 bits per heavy atom. The highest BCUT2D eigenvalue weighted by atomic mass is 15.1. The maximum Gasteiger partial charge on any atom is 0.0663 e. The summed E-state index contributed by atoms with van der Waals surface area (Å²) in [5, 5.41) is 7.74. The fraction of sp³-hybridized carbons (Fsp3) is 0.800. The van der Waals surface area contributed by atoms with E-state index in [0.717, 1.165) is 0 Å². The smallest absolute Gasteiger partial charge is 0.0663 e. The largest absolute Gasteiger partial charge is 0.306 e. The van der Waals surface area contributed by atoms with Crippen LogP contribution >= 0.6 is 0 Å². The van der Waals surface area contributed by atoms with Crippen molar-refractivity contribution in [3.63, 3.8) is 0 Å². The van der Waals surface area contributed by atoms with Gasteiger partial charge in [-0.2, -0.15) is 5.26 Å². The van der Waals surface area contributed by atoms with Gasteiger partial charge in [0.15, 0.2) is 0 Å². The number of allylic oxidation sites excluding steroid dienone is 1. The van der Waals surface area contributed by atoms with Gasteiger partial charge < -0.3 is 4.90 Å². The minimum absolute atomic E-state index is 0.458. The van der Waals surface area contributed by atoms with Crippen LogP contribution in [0.5, 0.6) is 0 Å². The van der Waals surface area contributed by atoms with Gasteiger partial charge in [0.1, 0.15) is 0 Å². The van der Waals surface area contributed by atoms with Gasteiger partial charge >= 0.3 is 0 Å². The maximum atomic E-state index is 7.74. The van der Waals surface area contributed by atoms with Crippen molar-refractivity contribution in [2.45, 2.75) is 53.4 Å². The Labute approximate surface area is 108 Å². The summed E-state index contributed by atoms with van der Waals surface area (Å²) in [7, 11) is 2.22. The molecular formula is C15H30N2. The van der Waals surface area contributed by atoms with Gasteiger partial charge in [-0.15, -0.1) is 6.58 Å². The quantitative estimate of drug-likeness (QED) is 0.673. The predicted molar refractivity (Wildman–Crippen MR) is 76.9 cm³/mol. The summed E-state index contributed by atoms with van der Waals surface area (Å²) in [6.45, 7) is 14.6. The first-order valence-corrected chi connectivity index (χ1v) is 6.74. The molecule has 0 bridgehead atoms. The first kappa shape index (κ1) is 18.6. The van der Waals surface area contributed by atoms with Crippen LogP contribution in [0.4, 0.5) is 0 Å². The summed E-state index contributed by atoms with van der Waals surface area (Å²) < 4.78 is 0. The van der Waals surface area contributed by atoms with E-state index in [1.165, 1.54) is 32.4 Å². The van der Waals surface area contributed by atoms with Gasteiger partial charge in [-0.1, -0.05) is 40.2 Å². The molecule has 1 fully saturated rings. The average molecular weight is 238 g/mol. The molecule has 0 aromatic carbocycles. The van der Waals surface area contributed by atoms with E-state index in [4.69, 9.17) is 5.26 Å². The molecule has 1 rings (SSSR count). The molecule has 100 valence electrons. The normalized spacial score (nSPS) is 17.6. The van der Waals surface area contributed by atoms with E-state index in [-0.39, 0.29) is 0 Å². The van der Waals surface area contributed by atoms with Gasteiger partial charge in [0.2, 0.25) is 0 Å². The fourth-order valence-corrected chi connectivity index (χ4v) is 1.58. The van der Waals surface area contributed by atoms with Crippen molar-refractivity contribution in [2.24, 2.45) is 5.41 Å². The van der Waals surface area contributed by atoms with Crippen LogP contribution in [0.3, 0.4) is 0 Å². The number of nitriles is 1. The van der Waals surface area contributed by atoms with E-state index >= 15 is 0 Å². The van der Waals surface area contributed by atoms with Gasteiger partial charge in [0, 0.05) is 0 Å². The van der Waals surface area contributed by atoms with Gasteiger partial charge in [-0.05, 0) is 38.4 Å². The van der Waals surface area contributed by atoms with Gasteiger partial charge in [0.25, 0.3) is 0 Å². The van der Waals surface area contributed by atoms with Crippen molar-refractivity contribution >= 4 is 0 Å². The number of piperidine rings is 1. The number of nitrogens with zero attached hydrogens (tertiary/aromatic N) is 2. The number of likely N-dealkylation sites (tertiary alicyclic amines) is 1. The molecule has 1 heterocycles. The summed E-state index contributed by atoms with van der Waals surface area (Å²) in [5.41, 5.74) is 0.659. The minimum atomic E-state index is 0.458. The third kappa shape index (κ3) is 10.1. The third-order valence-electron chi connectivity index (χ3n) is 3.28. The Morgan fingerprint density at radius 2 is 1.82 bits per heavy atom. The molecule has 1 aliphatic rings. The second kappa shape index (κ2) is 11.7. The molecule has 0 atom stereocenters. The molecule has 2 heteroatoms. The molecule has 0 aromatic rings. The zero-order chi connectivity index (χ0) is 13.7. The second-order valence-electron chi connectivity index (χ2n) is 4.62. The highest BCUT2D eigenvalue weighted by Gasteiger charge is 2.26. The van der Waals surface area contributed by atoms with Crippen molar-refractivity contribution in [1.82, 2.24) is 4.90 Å². The van der Waals surface area contributed by atoms with Gasteiger partial charge in [0.05, 0.1) is 12.5 Å². The molecule has 17 heavy (non-hydrogen) atoms. The van der Waals surface area contributed by atoms with Crippen LogP contribution in [0, 0.1) is 16.7 Å². The summed E-state index contributed by atoms with van der Waals surface area (Å²) in [6, 6.07) is 1.90. The molecule has 0 spiro atoms. The monoisotopic (exact) mass is 238 g/mol. The van der Waals surface area contributed by atoms with E-state index in [9.17, 15) is 0 Å². The highest BCUT2D eigenvalue weighted by molar-refractivity contribution is 4.82. The van der Waals surface area contributed by atoms with E-state index in [0.29, 0.717) is 11.8 Å². The molecule has 0 unspecified atom stereocenters. The lowest BCUT2D eigenvalue weighted by molar-refractivity contribution is 0.135. The Morgan fingerprint density at radius 3 is 2.06 bits per heavy atom. The van der Waals surface area contributed by atoms with Crippen LogP contribution < -0.4 is 0 Å². The zero-order valence-corrected chi connectivity index (χ0v) is 12.4. The lowest BCUT2D eigenvalue weighted by Crippen LogP contribution is -2.35. The summed E-state index contributed by atoms with van der Waals surface area (Å²) in [4.78, 5) is 2.43. The fourth-order valence-electron chi connectivity index (χ4n) is 1.58. The number of rotatable bonds is 2. The second-order valence-corrected chi connectivity index (χ2v) is 4.62. The average Bonchev–Trinajstić information content (AvgIpc) is 2.38. The number of hydrogen-bond acceptors (Lipinski definition) is 2. The lowest BCUT2D eigenvalue weighted by Gasteiger charge is -2.37. The molecule has 2 nitrogen and oxygen atoms in total. The summed E-state index contributed by atoms with van der Waals surface area (Å²) in [5.74, 6) is 0. The van der Waals surface area contributed by atoms with Crippen molar-refractivity contribution < 1.29 is 0 Å². The van der Waals surface area contributed by atoms with E-state index in [1.54, 1.807) is 6.08 Å². The zero-order valence-electron chi connectivity index (χ0n) is 12.4. The van der Waals surface area contributed by atoms with Crippen LogP contribution in [-0.2, 0) is 0 Å². The molecule has 1 aliphatic heterocycles. The molecule has 0 amide bonds. The van der Waals surface area contributed by atoms with Crippen LogP contribution in [0.25, 0.3) is 0 Å². The Balaban J connectivity index is 0. The van der Waals surface area contributed by atoms with Gasteiger partial charge in [-0.25, -0.2) is 0 Å². The van der Waals surface area contributed by atoms with E-state index < -0.39 is 0 Å². The third-order valence-corrected chi connectivity index (χ3v) is 3.28. The standard InChI is InChI=1S/C9H19N.C4H5N.C2H6/c1-4-9(2)5-7-10(3)8-6-9;1-2-3-4-5;1-2/h4-8H2,1-3H3;2H,1,3H2;1-2H3. The Hall–Kier alpha value is -0.810. The SMILES string of the molecule is C=CCC#N.CC.CCC1(C)CCN(C)CC1. The number of hydrogen-bond donors (Lipinski definition) is 0. The maximum absolute atomic E-state index is 7.74. The topological polar surface area (TPSA) is 27.0 Å². The minimum Gasteiger partial charge on any atom is -0.306 e. The van der Waals surface area contributed by atoms with Crippen LogP contribution in [0.15, 0.2) is 12.7 Å². The molecule has 0 radical (unpaired) electrons. The van der Waals surface area contributed by atoms with Crippen LogP contribution in [-0.4, -0.2) is 25.0 Å². The van der Waals surface area contributed by atoms with E-state index in [1.807, 2.05) is 19.9 Å². The first-order chi connectivity index (χ1) is 8.08. The highest BCUT2D eigenvalue weighted by Crippen LogP contribution is 2.33. The summed E-state index contributed by atoms with van der Waals surface area (Å²) >= 11 is 0. The molecular weight excluding hydrogens is 208 g/mol.